The summed E-state index contributed by atoms with van der Waals surface area (Å²) in [4.78, 5) is 12.2. The third-order valence-electron chi connectivity index (χ3n) is 3.49. The number of hydrogen-bond acceptors (Lipinski definition) is 6. The van der Waals surface area contributed by atoms with Crippen molar-refractivity contribution in [2.24, 2.45) is 0 Å². The monoisotopic (exact) mass is 369 g/mol. The summed E-state index contributed by atoms with van der Waals surface area (Å²) in [5.41, 5.74) is 0.664. The molecular weight excluding hydrogens is 341 g/mol. The van der Waals surface area contributed by atoms with Crippen LogP contribution in [-0.2, 0) is 13.3 Å². The van der Waals surface area contributed by atoms with Crippen molar-refractivity contribution >= 4 is 27.3 Å². The van der Waals surface area contributed by atoms with Gasteiger partial charge in [0.15, 0.2) is 0 Å². The van der Waals surface area contributed by atoms with Crippen LogP contribution in [0.2, 0.25) is 6.04 Å². The van der Waals surface area contributed by atoms with Gasteiger partial charge in [0.1, 0.15) is 0 Å². The summed E-state index contributed by atoms with van der Waals surface area (Å²) in [5.74, 6) is -0.265. The maximum atomic E-state index is 12.2. The van der Waals surface area contributed by atoms with Gasteiger partial charge in [-0.3, -0.25) is 4.79 Å². The van der Waals surface area contributed by atoms with E-state index in [1.54, 1.807) is 18.2 Å². The molecule has 0 aliphatic carbocycles. The standard InChI is InChI=1S/C16H28BNO6Si/c1-4-22-25(23-5-2,24-6-3)12-8-11-18-16(19)14-9-7-10-15(13-14)17(20)21/h7,9-10,13,20-21H,4-6,8,11-12H2,1-3H3,(H,18,19). The molecule has 3 N–H and O–H groups in total. The van der Waals surface area contributed by atoms with Crippen LogP contribution in [0, 0.1) is 0 Å². The van der Waals surface area contributed by atoms with Crippen LogP contribution in [-0.4, -0.2) is 58.2 Å². The zero-order valence-corrected chi connectivity index (χ0v) is 16.2. The Balaban J connectivity index is 2.54. The Morgan fingerprint density at radius 2 is 1.72 bits per heavy atom. The minimum Gasteiger partial charge on any atom is -0.423 e. The van der Waals surface area contributed by atoms with Crippen LogP contribution in [0.3, 0.4) is 0 Å². The predicted octanol–water partition coefficient (Wildman–Crippen LogP) is 0.535. The van der Waals surface area contributed by atoms with Gasteiger partial charge in [-0.1, -0.05) is 12.1 Å². The number of hydrogen-bond donors (Lipinski definition) is 3. The number of carbonyl (C=O) groups is 1. The summed E-state index contributed by atoms with van der Waals surface area (Å²) < 4.78 is 17.3. The summed E-state index contributed by atoms with van der Waals surface area (Å²) in [6.07, 6.45) is 0.667. The normalized spacial score (nSPS) is 11.4. The Kier molecular flexibility index (Phi) is 9.95. The van der Waals surface area contributed by atoms with Crippen LogP contribution in [0.5, 0.6) is 0 Å². The van der Waals surface area contributed by atoms with Gasteiger partial charge in [-0.25, -0.2) is 0 Å². The number of amides is 1. The highest BCUT2D eigenvalue weighted by atomic mass is 28.4. The molecule has 0 atom stereocenters. The highest BCUT2D eigenvalue weighted by Gasteiger charge is 2.39. The van der Waals surface area contributed by atoms with Crippen LogP contribution < -0.4 is 10.8 Å². The maximum absolute atomic E-state index is 12.2. The van der Waals surface area contributed by atoms with Crippen molar-refractivity contribution in [2.45, 2.75) is 33.2 Å². The van der Waals surface area contributed by atoms with Gasteiger partial charge in [-0.2, -0.15) is 0 Å². The molecule has 0 saturated carbocycles. The molecule has 0 fully saturated rings. The second kappa shape index (κ2) is 11.4. The van der Waals surface area contributed by atoms with Gasteiger partial charge < -0.3 is 28.6 Å². The second-order valence-corrected chi connectivity index (χ2v) is 8.07. The first-order valence-electron chi connectivity index (χ1n) is 8.64. The molecule has 7 nitrogen and oxygen atoms in total. The van der Waals surface area contributed by atoms with E-state index in [0.29, 0.717) is 44.4 Å². The molecule has 0 spiro atoms. The molecule has 1 aromatic rings. The molecular formula is C16H28BNO6Si. The van der Waals surface area contributed by atoms with E-state index >= 15 is 0 Å². The summed E-state index contributed by atoms with van der Waals surface area (Å²) in [5, 5.41) is 21.2. The number of rotatable bonds is 12. The molecule has 1 aromatic carbocycles. The first kappa shape index (κ1) is 21.8. The van der Waals surface area contributed by atoms with Crippen molar-refractivity contribution in [2.75, 3.05) is 26.4 Å². The molecule has 9 heteroatoms. The van der Waals surface area contributed by atoms with Gasteiger partial charge in [0, 0.05) is 38.0 Å². The molecule has 0 radical (unpaired) electrons. The van der Waals surface area contributed by atoms with Gasteiger partial charge in [-0.05, 0) is 44.8 Å². The summed E-state index contributed by atoms with van der Waals surface area (Å²) >= 11 is 0. The van der Waals surface area contributed by atoms with E-state index in [2.05, 4.69) is 5.32 Å². The van der Waals surface area contributed by atoms with Gasteiger partial charge >= 0.3 is 15.9 Å². The Morgan fingerprint density at radius 1 is 1.12 bits per heavy atom. The lowest BCUT2D eigenvalue weighted by Gasteiger charge is -2.28. The first-order chi connectivity index (χ1) is 12.0. The lowest BCUT2D eigenvalue weighted by Crippen LogP contribution is -2.46. The Morgan fingerprint density at radius 3 is 2.24 bits per heavy atom. The lowest BCUT2D eigenvalue weighted by molar-refractivity contribution is 0.0705. The number of benzene rings is 1. The summed E-state index contributed by atoms with van der Waals surface area (Å²) in [6, 6.07) is 6.87. The third kappa shape index (κ3) is 7.27. The highest BCUT2D eigenvalue weighted by Crippen LogP contribution is 2.17. The second-order valence-electron chi connectivity index (χ2n) is 5.34. The maximum Gasteiger partial charge on any atom is 0.500 e. The van der Waals surface area contributed by atoms with E-state index in [1.165, 1.54) is 6.07 Å². The fourth-order valence-corrected chi connectivity index (χ4v) is 5.06. The van der Waals surface area contributed by atoms with Crippen molar-refractivity contribution in [3.8, 4) is 0 Å². The van der Waals surface area contributed by atoms with Crippen LogP contribution in [0.1, 0.15) is 37.6 Å². The van der Waals surface area contributed by atoms with Crippen molar-refractivity contribution < 1.29 is 28.1 Å². The molecule has 0 aromatic heterocycles. The van der Waals surface area contributed by atoms with Crippen LogP contribution >= 0.6 is 0 Å². The van der Waals surface area contributed by atoms with Crippen LogP contribution in [0.4, 0.5) is 0 Å². The molecule has 140 valence electrons. The van der Waals surface area contributed by atoms with Gasteiger partial charge in [0.25, 0.3) is 5.91 Å². The molecule has 0 unspecified atom stereocenters. The molecule has 1 amide bonds. The van der Waals surface area contributed by atoms with Crippen molar-refractivity contribution in [3.63, 3.8) is 0 Å². The van der Waals surface area contributed by atoms with Gasteiger partial charge in [-0.15, -0.1) is 0 Å². The average Bonchev–Trinajstić information content (AvgIpc) is 2.59. The SMILES string of the molecule is CCO[Si](CCCNC(=O)c1cccc(B(O)O)c1)(OCC)OCC. The van der Waals surface area contributed by atoms with E-state index in [9.17, 15) is 14.8 Å². The van der Waals surface area contributed by atoms with E-state index in [4.69, 9.17) is 13.3 Å². The molecule has 1 rings (SSSR count). The Labute approximate surface area is 150 Å². The van der Waals surface area contributed by atoms with E-state index < -0.39 is 15.9 Å². The van der Waals surface area contributed by atoms with Crippen LogP contribution in [0.25, 0.3) is 0 Å². The van der Waals surface area contributed by atoms with E-state index in [0.717, 1.165) is 0 Å². The van der Waals surface area contributed by atoms with Crippen molar-refractivity contribution in [3.05, 3.63) is 29.8 Å². The van der Waals surface area contributed by atoms with Crippen molar-refractivity contribution in [1.82, 2.24) is 5.32 Å². The average molecular weight is 369 g/mol. The molecule has 0 bridgehead atoms. The van der Waals surface area contributed by atoms with Crippen molar-refractivity contribution in [1.29, 1.82) is 0 Å². The molecule has 25 heavy (non-hydrogen) atoms. The Bertz CT molecular complexity index is 514. The third-order valence-corrected chi connectivity index (χ3v) is 6.64. The van der Waals surface area contributed by atoms with Gasteiger partial charge in [0.05, 0.1) is 0 Å². The minimum absolute atomic E-state index is 0.265. The molecule has 0 saturated heterocycles. The predicted molar refractivity (Wildman–Crippen MR) is 98.7 cm³/mol. The summed E-state index contributed by atoms with van der Waals surface area (Å²) in [6.45, 7) is 7.74. The fourth-order valence-electron chi connectivity index (χ4n) is 2.45. The van der Waals surface area contributed by atoms with Crippen LogP contribution in [0.15, 0.2) is 24.3 Å². The lowest BCUT2D eigenvalue weighted by atomic mass is 9.79. The number of carbonyl (C=O) groups excluding carboxylic acids is 1. The first-order valence-corrected chi connectivity index (χ1v) is 10.6. The fraction of sp³-hybridized carbons (Fsp3) is 0.562. The van der Waals surface area contributed by atoms with E-state index in [-0.39, 0.29) is 11.4 Å². The quantitative estimate of drug-likeness (QED) is 0.368. The Hall–Kier alpha value is -1.23. The number of nitrogens with one attached hydrogen (secondary N) is 1. The zero-order chi connectivity index (χ0) is 18.7. The molecule has 0 aliphatic rings. The summed E-state index contributed by atoms with van der Waals surface area (Å²) in [7, 11) is -4.28. The smallest absolute Gasteiger partial charge is 0.423 e. The zero-order valence-electron chi connectivity index (χ0n) is 15.2. The van der Waals surface area contributed by atoms with E-state index in [1.807, 2.05) is 20.8 Å². The van der Waals surface area contributed by atoms with Gasteiger partial charge in [0.2, 0.25) is 0 Å². The largest absolute Gasteiger partial charge is 0.500 e. The minimum atomic E-state index is -2.69. The highest BCUT2D eigenvalue weighted by molar-refractivity contribution is 6.60. The molecule has 0 aliphatic heterocycles. The topological polar surface area (TPSA) is 97.3 Å². The molecule has 0 heterocycles.